The highest BCUT2D eigenvalue weighted by Crippen LogP contribution is 2.12. The average Bonchev–Trinajstić information content (AvgIpc) is 2.75. The van der Waals surface area contributed by atoms with Crippen LogP contribution in [0.3, 0.4) is 0 Å². The van der Waals surface area contributed by atoms with Crippen LogP contribution in [0.25, 0.3) is 0 Å². The van der Waals surface area contributed by atoms with Crippen LogP contribution < -0.4 is 0 Å². The molecule has 0 spiro atoms. The van der Waals surface area contributed by atoms with E-state index in [1.165, 1.54) is 0 Å². The van der Waals surface area contributed by atoms with Crippen molar-refractivity contribution in [3.63, 3.8) is 0 Å². The van der Waals surface area contributed by atoms with Crippen LogP contribution in [0.4, 0.5) is 0 Å². The molecule has 118 valence electrons. The molecule has 0 bridgehead atoms. The summed E-state index contributed by atoms with van der Waals surface area (Å²) in [6, 6.07) is 0. The first-order chi connectivity index (χ1) is 9.50. The van der Waals surface area contributed by atoms with Crippen LogP contribution in [-0.2, 0) is 19.2 Å². The summed E-state index contributed by atoms with van der Waals surface area (Å²) in [5.74, 6) is -1.41. The van der Waals surface area contributed by atoms with E-state index >= 15 is 0 Å². The van der Waals surface area contributed by atoms with Gasteiger partial charge in [-0.25, -0.2) is 4.79 Å². The number of hydroxylamine groups is 2. The lowest BCUT2D eigenvalue weighted by molar-refractivity contribution is -0.197. The summed E-state index contributed by atoms with van der Waals surface area (Å²) in [5.41, 5.74) is 0. The SMILES string of the molecule is CC.CC.CN(C)CCCC(=O)ON1C(=O)CCC1=O. The summed E-state index contributed by atoms with van der Waals surface area (Å²) in [5, 5.41) is 0.581. The van der Waals surface area contributed by atoms with Crippen molar-refractivity contribution in [2.24, 2.45) is 0 Å². The highest BCUT2D eigenvalue weighted by Gasteiger charge is 2.32. The third-order valence-corrected chi connectivity index (χ3v) is 2.19. The Morgan fingerprint density at radius 2 is 1.55 bits per heavy atom. The zero-order valence-electron chi connectivity index (χ0n) is 13.6. The average molecular weight is 288 g/mol. The zero-order chi connectivity index (χ0) is 16.1. The maximum Gasteiger partial charge on any atom is 0.333 e. The van der Waals surface area contributed by atoms with E-state index < -0.39 is 17.8 Å². The third kappa shape index (κ3) is 8.63. The lowest BCUT2D eigenvalue weighted by Gasteiger charge is -2.13. The van der Waals surface area contributed by atoms with Gasteiger partial charge in [0.1, 0.15) is 0 Å². The second-order valence-electron chi connectivity index (χ2n) is 3.95. The van der Waals surface area contributed by atoms with Crippen molar-refractivity contribution < 1.29 is 19.2 Å². The molecular formula is C14H28N2O4. The van der Waals surface area contributed by atoms with Crippen LogP contribution >= 0.6 is 0 Å². The van der Waals surface area contributed by atoms with E-state index in [1.807, 2.05) is 46.7 Å². The lowest BCUT2D eigenvalue weighted by Crippen LogP contribution is -2.32. The van der Waals surface area contributed by atoms with Crippen molar-refractivity contribution in [2.45, 2.75) is 53.4 Å². The van der Waals surface area contributed by atoms with Gasteiger partial charge in [0.05, 0.1) is 0 Å². The van der Waals surface area contributed by atoms with Gasteiger partial charge in [-0.05, 0) is 27.1 Å². The number of rotatable bonds is 5. The van der Waals surface area contributed by atoms with Crippen molar-refractivity contribution in [3.8, 4) is 0 Å². The summed E-state index contributed by atoms with van der Waals surface area (Å²) in [6.07, 6.45) is 1.10. The number of amides is 2. The van der Waals surface area contributed by atoms with Gasteiger partial charge in [0.2, 0.25) is 0 Å². The van der Waals surface area contributed by atoms with Crippen LogP contribution in [0.5, 0.6) is 0 Å². The fourth-order valence-electron chi connectivity index (χ4n) is 1.34. The minimum absolute atomic E-state index is 0.129. The summed E-state index contributed by atoms with van der Waals surface area (Å²) in [7, 11) is 3.80. The van der Waals surface area contributed by atoms with Gasteiger partial charge >= 0.3 is 5.97 Å². The number of carbonyl (C=O) groups excluding carboxylic acids is 3. The molecule has 0 N–H and O–H groups in total. The summed E-state index contributed by atoms with van der Waals surface area (Å²) >= 11 is 0. The summed E-state index contributed by atoms with van der Waals surface area (Å²) < 4.78 is 0. The fraction of sp³-hybridized carbons (Fsp3) is 0.786. The monoisotopic (exact) mass is 288 g/mol. The van der Waals surface area contributed by atoms with Crippen LogP contribution in [-0.4, -0.2) is 48.4 Å². The molecule has 0 aromatic rings. The van der Waals surface area contributed by atoms with Crippen LogP contribution in [0, 0.1) is 0 Å². The van der Waals surface area contributed by atoms with Crippen LogP contribution in [0.15, 0.2) is 0 Å². The highest BCUT2D eigenvalue weighted by molar-refractivity contribution is 6.01. The van der Waals surface area contributed by atoms with Gasteiger partial charge in [-0.2, -0.15) is 0 Å². The van der Waals surface area contributed by atoms with Gasteiger partial charge in [0, 0.05) is 19.3 Å². The summed E-state index contributed by atoms with van der Waals surface area (Å²) in [4.78, 5) is 40.2. The fourth-order valence-corrected chi connectivity index (χ4v) is 1.34. The Kier molecular flexibility index (Phi) is 13.1. The molecule has 0 atom stereocenters. The van der Waals surface area contributed by atoms with E-state index in [0.29, 0.717) is 11.5 Å². The largest absolute Gasteiger partial charge is 0.333 e. The second kappa shape index (κ2) is 12.6. The van der Waals surface area contributed by atoms with Gasteiger partial charge in [0.25, 0.3) is 11.8 Å². The predicted molar refractivity (Wildman–Crippen MR) is 77.7 cm³/mol. The minimum atomic E-state index is -0.537. The molecule has 1 fully saturated rings. The van der Waals surface area contributed by atoms with Crippen molar-refractivity contribution in [3.05, 3.63) is 0 Å². The van der Waals surface area contributed by atoms with Crippen molar-refractivity contribution in [1.82, 2.24) is 9.96 Å². The van der Waals surface area contributed by atoms with Crippen molar-refractivity contribution in [1.29, 1.82) is 0 Å². The minimum Gasteiger partial charge on any atom is -0.330 e. The van der Waals surface area contributed by atoms with E-state index in [2.05, 4.69) is 0 Å². The number of imide groups is 1. The predicted octanol–water partition coefficient (Wildman–Crippen LogP) is 1.99. The highest BCUT2D eigenvalue weighted by atomic mass is 16.7. The van der Waals surface area contributed by atoms with Gasteiger partial charge in [0.15, 0.2) is 0 Å². The third-order valence-electron chi connectivity index (χ3n) is 2.19. The molecule has 0 aromatic heterocycles. The van der Waals surface area contributed by atoms with Gasteiger partial charge in [-0.1, -0.05) is 27.7 Å². The van der Waals surface area contributed by atoms with Gasteiger partial charge in [-0.15, -0.1) is 5.06 Å². The van der Waals surface area contributed by atoms with E-state index in [1.54, 1.807) is 0 Å². The molecule has 1 saturated heterocycles. The molecule has 0 aromatic carbocycles. The Balaban J connectivity index is 0. The molecule has 0 aliphatic carbocycles. The molecule has 20 heavy (non-hydrogen) atoms. The van der Waals surface area contributed by atoms with Crippen LogP contribution in [0.2, 0.25) is 0 Å². The van der Waals surface area contributed by atoms with Gasteiger partial charge < -0.3 is 9.74 Å². The number of carbonyl (C=O) groups is 3. The zero-order valence-corrected chi connectivity index (χ0v) is 13.6. The molecule has 6 heteroatoms. The smallest absolute Gasteiger partial charge is 0.330 e. The second-order valence-corrected chi connectivity index (χ2v) is 3.95. The maximum atomic E-state index is 11.3. The Morgan fingerprint density at radius 3 is 1.95 bits per heavy atom. The molecule has 0 saturated carbocycles. The van der Waals surface area contributed by atoms with Crippen molar-refractivity contribution in [2.75, 3.05) is 20.6 Å². The Labute approximate surface area is 122 Å². The Hall–Kier alpha value is -1.43. The maximum absolute atomic E-state index is 11.3. The van der Waals surface area contributed by atoms with Gasteiger partial charge in [-0.3, -0.25) is 9.59 Å². The normalized spacial score (nSPS) is 13.4. The Bertz CT molecular complexity index is 288. The van der Waals surface area contributed by atoms with E-state index in [0.717, 1.165) is 6.54 Å². The topological polar surface area (TPSA) is 66.9 Å². The molecule has 1 heterocycles. The van der Waals surface area contributed by atoms with Crippen molar-refractivity contribution >= 4 is 17.8 Å². The lowest BCUT2D eigenvalue weighted by atomic mass is 10.3. The molecule has 2 amide bonds. The molecule has 6 nitrogen and oxygen atoms in total. The number of nitrogens with zero attached hydrogens (tertiary/aromatic N) is 2. The first-order valence-corrected chi connectivity index (χ1v) is 7.22. The first kappa shape index (κ1) is 20.9. The van der Waals surface area contributed by atoms with E-state index in [9.17, 15) is 14.4 Å². The number of hydrogen-bond donors (Lipinski definition) is 0. The first-order valence-electron chi connectivity index (χ1n) is 7.22. The number of hydrogen-bond acceptors (Lipinski definition) is 5. The van der Waals surface area contributed by atoms with E-state index in [4.69, 9.17) is 4.84 Å². The van der Waals surface area contributed by atoms with E-state index in [-0.39, 0.29) is 19.3 Å². The quantitative estimate of drug-likeness (QED) is 0.724. The molecule has 1 aliphatic rings. The van der Waals surface area contributed by atoms with Crippen LogP contribution in [0.1, 0.15) is 53.4 Å². The molecule has 0 radical (unpaired) electrons. The standard InChI is InChI=1S/C10H16N2O4.2C2H6/c1-11(2)7-3-4-10(15)16-12-8(13)5-6-9(12)14;2*1-2/h3-7H2,1-2H3;2*1-2H3. The molecule has 1 rings (SSSR count). The molecule has 1 aliphatic heterocycles. The summed E-state index contributed by atoms with van der Waals surface area (Å²) in [6.45, 7) is 8.76. The molecular weight excluding hydrogens is 260 g/mol. The molecule has 0 unspecified atom stereocenters. The Morgan fingerprint density at radius 1 is 1.10 bits per heavy atom.